The summed E-state index contributed by atoms with van der Waals surface area (Å²) in [7, 11) is 0. The minimum Gasteiger partial charge on any atom is -0.478 e. The molecule has 5 heterocycles. The van der Waals surface area contributed by atoms with Crippen LogP contribution in [-0.2, 0) is 35.2 Å². The fourth-order valence-electron chi connectivity index (χ4n) is 8.69. The number of carbonyl (C=O) groups excluding carboxylic acids is 1. The van der Waals surface area contributed by atoms with Gasteiger partial charge in [-0.25, -0.2) is 9.37 Å². The fraction of sp³-hybridized carbons (Fsp3) is 0.475. The van der Waals surface area contributed by atoms with Gasteiger partial charge >= 0.3 is 5.97 Å². The van der Waals surface area contributed by atoms with E-state index in [9.17, 15) is 14.7 Å². The van der Waals surface area contributed by atoms with Gasteiger partial charge in [-0.3, -0.25) is 4.79 Å². The second-order valence-corrected chi connectivity index (χ2v) is 13.9. The van der Waals surface area contributed by atoms with Crippen molar-refractivity contribution in [1.82, 2.24) is 9.89 Å². The summed E-state index contributed by atoms with van der Waals surface area (Å²) in [6.45, 7) is 8.70. The molecule has 0 aliphatic carbocycles. The molecule has 5 aliphatic rings. The van der Waals surface area contributed by atoms with Gasteiger partial charge in [0.25, 0.3) is 5.91 Å². The number of carbonyl (C=O) groups is 2. The fourth-order valence-corrected chi connectivity index (χ4v) is 8.69. The molecule has 0 fully saturated rings. The first-order chi connectivity index (χ1) is 24.0. The van der Waals surface area contributed by atoms with Crippen LogP contribution in [0.1, 0.15) is 93.1 Å². The second kappa shape index (κ2) is 13.6. The molecule has 8 rings (SSSR count). The number of nitrogens with zero attached hydrogens (tertiary/aromatic N) is 2. The van der Waals surface area contributed by atoms with Gasteiger partial charge in [-0.1, -0.05) is 6.92 Å². The third kappa shape index (κ3) is 5.80. The van der Waals surface area contributed by atoms with Gasteiger partial charge in [-0.05, 0) is 86.4 Å². The van der Waals surface area contributed by atoms with E-state index in [1.807, 2.05) is 0 Å². The molecule has 0 radical (unpaired) electrons. The van der Waals surface area contributed by atoms with Gasteiger partial charge in [0.15, 0.2) is 0 Å². The zero-order valence-electron chi connectivity index (χ0n) is 28.5. The highest BCUT2D eigenvalue weighted by atomic mass is 16.5. The molecule has 49 heavy (non-hydrogen) atoms. The number of aromatic carboxylic acids is 1. The Morgan fingerprint density at radius 3 is 2.43 bits per heavy atom. The maximum absolute atomic E-state index is 13.5. The number of anilines is 1. The first-order valence-corrected chi connectivity index (χ1v) is 18.3. The monoisotopic (exact) mass is 664 g/mol. The average molecular weight is 665 g/mol. The van der Waals surface area contributed by atoms with Gasteiger partial charge in [-0.2, -0.15) is 0 Å². The van der Waals surface area contributed by atoms with Crippen LogP contribution in [0.4, 0.5) is 5.69 Å². The van der Waals surface area contributed by atoms with E-state index in [0.717, 1.165) is 112 Å². The summed E-state index contributed by atoms with van der Waals surface area (Å²) in [6.07, 6.45) is 9.10. The number of aryl methyl sites for hydroxylation is 2. The first kappa shape index (κ1) is 32.0. The Kier molecular flexibility index (Phi) is 8.89. The molecule has 0 atom stereocenters. The standard InChI is InChI=1S/C40H45N3O6/c1-2-18-47-20-21-48-19-13-41-39(44)27-11-12-28(40(45)46)31(24-27)34-32-22-25-7-3-14-42-16-5-9-29(35(25)42)37(32)49-38-30-10-6-17-43-15-4-8-26(36(30)43)23-33(34)38/h11-12,22-24H,2-10,13-21H2,1H3,(H-,41,44,45,46)/p+1. The van der Waals surface area contributed by atoms with Crippen LogP contribution < -0.4 is 30.1 Å². The van der Waals surface area contributed by atoms with E-state index >= 15 is 0 Å². The van der Waals surface area contributed by atoms with Crippen molar-refractivity contribution in [2.45, 2.75) is 64.7 Å². The van der Waals surface area contributed by atoms with Crippen molar-refractivity contribution in [2.75, 3.05) is 64.1 Å². The SMILES string of the molecule is CCCOCCOCCNC(=O)c1ccc(C(=O)O)c(C2=c3cc4c5c(c3Oc3c2cc2c6c3CCCN6CCC2)CCC[N+]=5CCC4)c1. The lowest BCUT2D eigenvalue weighted by Gasteiger charge is -2.39. The molecule has 9 nitrogen and oxygen atoms in total. The van der Waals surface area contributed by atoms with Crippen molar-refractivity contribution in [3.63, 3.8) is 0 Å². The smallest absolute Gasteiger partial charge is 0.336 e. The van der Waals surface area contributed by atoms with E-state index in [1.54, 1.807) is 18.2 Å². The number of hydrogen-bond donors (Lipinski definition) is 2. The normalized spacial score (nSPS) is 17.0. The Balaban J connectivity index is 1.28. The van der Waals surface area contributed by atoms with Crippen molar-refractivity contribution in [2.24, 2.45) is 0 Å². The Bertz CT molecular complexity index is 1960. The predicted octanol–water partition coefficient (Wildman–Crippen LogP) is 3.99. The topological polar surface area (TPSA) is 100 Å². The van der Waals surface area contributed by atoms with Crippen LogP contribution in [0.3, 0.4) is 0 Å². The molecule has 9 heteroatoms. The van der Waals surface area contributed by atoms with Gasteiger partial charge < -0.3 is 29.5 Å². The summed E-state index contributed by atoms with van der Waals surface area (Å²) in [5.41, 5.74) is 9.38. The minimum atomic E-state index is -1.02. The van der Waals surface area contributed by atoms with Gasteiger partial charge in [0.1, 0.15) is 24.6 Å². The quantitative estimate of drug-likeness (QED) is 0.185. The summed E-state index contributed by atoms with van der Waals surface area (Å²) >= 11 is 0. The third-order valence-corrected chi connectivity index (χ3v) is 10.7. The van der Waals surface area contributed by atoms with Crippen LogP contribution in [0, 0.1) is 0 Å². The molecule has 0 aromatic heterocycles. The van der Waals surface area contributed by atoms with E-state index < -0.39 is 5.97 Å². The number of benzene rings is 3. The van der Waals surface area contributed by atoms with E-state index in [-0.39, 0.29) is 11.5 Å². The Labute approximate surface area is 287 Å². The van der Waals surface area contributed by atoms with Crippen LogP contribution in [0.2, 0.25) is 0 Å². The maximum atomic E-state index is 13.5. The molecule has 3 aromatic rings. The van der Waals surface area contributed by atoms with Crippen molar-refractivity contribution in [3.05, 3.63) is 85.4 Å². The molecule has 1 amide bonds. The van der Waals surface area contributed by atoms with E-state index in [1.165, 1.54) is 33.3 Å². The molecule has 2 N–H and O–H groups in total. The van der Waals surface area contributed by atoms with Crippen molar-refractivity contribution in [3.8, 4) is 11.5 Å². The minimum absolute atomic E-state index is 0.182. The second-order valence-electron chi connectivity index (χ2n) is 13.9. The lowest BCUT2D eigenvalue weighted by molar-refractivity contribution is 0.0485. The highest BCUT2D eigenvalue weighted by molar-refractivity contribution is 6.02. The highest BCUT2D eigenvalue weighted by Crippen LogP contribution is 2.48. The van der Waals surface area contributed by atoms with E-state index in [2.05, 4.69) is 33.8 Å². The number of rotatable bonds is 11. The van der Waals surface area contributed by atoms with Gasteiger partial charge in [0.2, 0.25) is 5.36 Å². The number of ether oxygens (including phenoxy) is 3. The number of hydrogen-bond acceptors (Lipinski definition) is 6. The molecule has 0 bridgehead atoms. The van der Waals surface area contributed by atoms with Crippen molar-refractivity contribution in [1.29, 1.82) is 0 Å². The molecule has 0 spiro atoms. The van der Waals surface area contributed by atoms with Gasteiger partial charge in [-0.15, -0.1) is 0 Å². The van der Waals surface area contributed by atoms with Gasteiger partial charge in [0, 0.05) is 77.8 Å². The molecular formula is C40H46N3O6+. The third-order valence-electron chi connectivity index (χ3n) is 10.7. The molecule has 0 saturated heterocycles. The summed E-state index contributed by atoms with van der Waals surface area (Å²) in [6, 6.07) is 9.51. The van der Waals surface area contributed by atoms with Crippen molar-refractivity contribution >= 4 is 23.1 Å². The van der Waals surface area contributed by atoms with Crippen LogP contribution >= 0.6 is 0 Å². The van der Waals surface area contributed by atoms with Crippen LogP contribution in [0.5, 0.6) is 11.5 Å². The molecule has 5 aliphatic heterocycles. The molecule has 256 valence electrons. The number of carboxylic acids is 1. The first-order valence-electron chi connectivity index (χ1n) is 18.3. The molecular weight excluding hydrogens is 618 g/mol. The molecule has 3 aromatic carbocycles. The molecule has 0 unspecified atom stereocenters. The Hall–Kier alpha value is -4.21. The largest absolute Gasteiger partial charge is 0.478 e. The van der Waals surface area contributed by atoms with Crippen molar-refractivity contribution < 1.29 is 28.9 Å². The highest BCUT2D eigenvalue weighted by Gasteiger charge is 2.36. The lowest BCUT2D eigenvalue weighted by atomic mass is 9.81. The number of fused-ring (bicyclic) bond motifs is 4. The summed E-state index contributed by atoms with van der Waals surface area (Å²) in [4.78, 5) is 29.0. The number of amides is 1. The zero-order chi connectivity index (χ0) is 33.5. The number of nitrogens with one attached hydrogen (secondary N) is 1. The predicted molar refractivity (Wildman–Crippen MR) is 188 cm³/mol. The lowest BCUT2D eigenvalue weighted by Crippen LogP contribution is -2.45. The van der Waals surface area contributed by atoms with Crippen LogP contribution in [0.25, 0.3) is 5.57 Å². The van der Waals surface area contributed by atoms with E-state index in [4.69, 9.17) is 14.2 Å². The maximum Gasteiger partial charge on any atom is 0.336 e. The summed E-state index contributed by atoms with van der Waals surface area (Å²) < 4.78 is 20.7. The van der Waals surface area contributed by atoms with Gasteiger partial charge in [0.05, 0.1) is 30.9 Å². The molecule has 0 saturated carbocycles. The average Bonchev–Trinajstić information content (AvgIpc) is 3.12. The van der Waals surface area contributed by atoms with Crippen LogP contribution in [0.15, 0.2) is 30.3 Å². The van der Waals surface area contributed by atoms with E-state index in [0.29, 0.717) is 44.1 Å². The summed E-state index contributed by atoms with van der Waals surface area (Å²) in [5.74, 6) is 0.453. The Morgan fingerprint density at radius 1 is 0.857 bits per heavy atom. The Morgan fingerprint density at radius 2 is 1.61 bits per heavy atom. The van der Waals surface area contributed by atoms with Crippen LogP contribution in [-0.4, -0.2) is 76.1 Å². The summed E-state index contributed by atoms with van der Waals surface area (Å²) in [5, 5.41) is 15.8. The zero-order valence-corrected chi connectivity index (χ0v) is 28.5. The number of carboxylic acid groups (broad SMARTS) is 1.